The number of carbonyl (C=O) groups is 1. The molecule has 0 fully saturated rings. The summed E-state index contributed by atoms with van der Waals surface area (Å²) < 4.78 is 29.0. The molecule has 0 bridgehead atoms. The van der Waals surface area contributed by atoms with Gasteiger partial charge in [0.15, 0.2) is 10.9 Å². The summed E-state index contributed by atoms with van der Waals surface area (Å²) in [6, 6.07) is 12.9. The third-order valence-electron chi connectivity index (χ3n) is 4.96. The zero-order valence-electron chi connectivity index (χ0n) is 16.5. The van der Waals surface area contributed by atoms with Gasteiger partial charge in [-0.2, -0.15) is 0 Å². The molecule has 0 spiro atoms. The van der Waals surface area contributed by atoms with Crippen LogP contribution >= 0.6 is 22.7 Å². The normalized spacial score (nSPS) is 11.3. The van der Waals surface area contributed by atoms with Gasteiger partial charge in [-0.3, -0.25) is 9.36 Å². The van der Waals surface area contributed by atoms with Crippen molar-refractivity contribution in [2.75, 3.05) is 0 Å². The van der Waals surface area contributed by atoms with E-state index in [1.54, 1.807) is 12.1 Å². The Labute approximate surface area is 188 Å². The molecule has 0 amide bonds. The lowest BCUT2D eigenvalue weighted by atomic mass is 10.0. The van der Waals surface area contributed by atoms with Crippen LogP contribution in [-0.2, 0) is 0 Å². The van der Waals surface area contributed by atoms with Gasteiger partial charge in [0.25, 0.3) is 0 Å². The van der Waals surface area contributed by atoms with Crippen LogP contribution in [0, 0.1) is 18.6 Å². The van der Waals surface area contributed by atoms with E-state index in [-0.39, 0.29) is 16.4 Å². The van der Waals surface area contributed by atoms with Gasteiger partial charge in [-0.1, -0.05) is 11.3 Å². The number of thiazole rings is 1. The van der Waals surface area contributed by atoms with Crippen LogP contribution < -0.4 is 0 Å². The standard InChI is InChI=1S/C23H14F2N2O3S2/c1-11-2-9-16(31-11)20(28)18-19(12-3-5-13(24)6-4-12)27(22(30)21(18)29)23-26-15-8-7-14(25)10-17(15)32-23/h2-10,29-30H,1H3. The second-order valence-corrected chi connectivity index (χ2v) is 9.38. The maximum absolute atomic E-state index is 13.7. The molecule has 0 radical (unpaired) electrons. The average Bonchev–Trinajstić information content (AvgIpc) is 3.44. The lowest BCUT2D eigenvalue weighted by Crippen LogP contribution is -2.03. The zero-order chi connectivity index (χ0) is 22.6. The second-order valence-electron chi connectivity index (χ2n) is 7.09. The maximum atomic E-state index is 13.7. The van der Waals surface area contributed by atoms with Crippen LogP contribution in [0.5, 0.6) is 11.6 Å². The van der Waals surface area contributed by atoms with E-state index in [4.69, 9.17) is 0 Å². The molecule has 3 heterocycles. The molecule has 0 aliphatic rings. The van der Waals surface area contributed by atoms with E-state index in [1.807, 2.05) is 6.92 Å². The summed E-state index contributed by atoms with van der Waals surface area (Å²) in [5, 5.41) is 21.8. The number of aromatic hydroxyl groups is 2. The van der Waals surface area contributed by atoms with Crippen LogP contribution in [0.15, 0.2) is 54.6 Å². The van der Waals surface area contributed by atoms with E-state index in [0.717, 1.165) is 16.2 Å². The number of benzene rings is 2. The van der Waals surface area contributed by atoms with Crippen molar-refractivity contribution in [3.8, 4) is 28.0 Å². The molecule has 5 rings (SSSR count). The first kappa shape index (κ1) is 20.3. The monoisotopic (exact) mass is 468 g/mol. The largest absolute Gasteiger partial charge is 0.503 e. The molecule has 5 aromatic rings. The van der Waals surface area contributed by atoms with E-state index in [1.165, 1.54) is 58.4 Å². The summed E-state index contributed by atoms with van der Waals surface area (Å²) in [4.78, 5) is 19.1. The van der Waals surface area contributed by atoms with Gasteiger partial charge >= 0.3 is 0 Å². The van der Waals surface area contributed by atoms with Gasteiger partial charge in [-0.05, 0) is 67.1 Å². The molecule has 0 saturated carbocycles. The van der Waals surface area contributed by atoms with Gasteiger partial charge in [-0.15, -0.1) is 11.3 Å². The first-order chi connectivity index (χ1) is 15.3. The van der Waals surface area contributed by atoms with Crippen molar-refractivity contribution in [1.29, 1.82) is 0 Å². The average molecular weight is 469 g/mol. The Bertz CT molecular complexity index is 1500. The predicted octanol–water partition coefficient (Wildman–Crippen LogP) is 6.04. The van der Waals surface area contributed by atoms with Gasteiger partial charge in [0.2, 0.25) is 11.7 Å². The first-order valence-electron chi connectivity index (χ1n) is 9.43. The Kier molecular flexibility index (Phi) is 4.79. The number of nitrogens with zero attached hydrogens (tertiary/aromatic N) is 2. The number of hydrogen-bond acceptors (Lipinski definition) is 6. The Morgan fingerprint density at radius 2 is 1.69 bits per heavy atom. The molecule has 2 N–H and O–H groups in total. The highest BCUT2D eigenvalue weighted by molar-refractivity contribution is 7.20. The second kappa shape index (κ2) is 7.54. The minimum atomic E-state index is -0.606. The summed E-state index contributed by atoms with van der Waals surface area (Å²) in [5.41, 5.74) is 0.923. The van der Waals surface area contributed by atoms with Crippen molar-refractivity contribution in [2.24, 2.45) is 0 Å². The minimum Gasteiger partial charge on any atom is -0.503 e. The summed E-state index contributed by atoms with van der Waals surface area (Å²) in [6.45, 7) is 1.85. The van der Waals surface area contributed by atoms with Gasteiger partial charge in [0, 0.05) is 4.88 Å². The lowest BCUT2D eigenvalue weighted by molar-refractivity contribution is 0.104. The van der Waals surface area contributed by atoms with Crippen LogP contribution in [0.25, 0.3) is 26.6 Å². The summed E-state index contributed by atoms with van der Waals surface area (Å²) in [6.07, 6.45) is 0. The fraction of sp³-hybridized carbons (Fsp3) is 0.0435. The molecular formula is C23H14F2N2O3S2. The molecule has 0 aliphatic carbocycles. The van der Waals surface area contributed by atoms with Crippen molar-refractivity contribution in [1.82, 2.24) is 9.55 Å². The molecule has 5 nitrogen and oxygen atoms in total. The van der Waals surface area contributed by atoms with E-state index in [2.05, 4.69) is 4.98 Å². The van der Waals surface area contributed by atoms with E-state index < -0.39 is 29.0 Å². The van der Waals surface area contributed by atoms with Crippen LogP contribution in [0.1, 0.15) is 20.1 Å². The summed E-state index contributed by atoms with van der Waals surface area (Å²) in [7, 11) is 0. The van der Waals surface area contributed by atoms with E-state index in [9.17, 15) is 23.8 Å². The highest BCUT2D eigenvalue weighted by Crippen LogP contribution is 2.45. The Morgan fingerprint density at radius 3 is 2.38 bits per heavy atom. The molecule has 0 saturated heterocycles. The predicted molar refractivity (Wildman–Crippen MR) is 120 cm³/mol. The molecule has 32 heavy (non-hydrogen) atoms. The lowest BCUT2D eigenvalue weighted by Gasteiger charge is -2.09. The quantitative estimate of drug-likeness (QED) is 0.315. The first-order valence-corrected chi connectivity index (χ1v) is 11.1. The van der Waals surface area contributed by atoms with Crippen molar-refractivity contribution in [3.63, 3.8) is 0 Å². The van der Waals surface area contributed by atoms with Crippen molar-refractivity contribution >= 4 is 38.7 Å². The van der Waals surface area contributed by atoms with Gasteiger partial charge in [0.1, 0.15) is 11.6 Å². The smallest absolute Gasteiger partial charge is 0.242 e. The molecular weight excluding hydrogens is 454 g/mol. The number of thiophene rings is 1. The third kappa shape index (κ3) is 3.26. The number of aryl methyl sites for hydroxylation is 1. The molecule has 2 aromatic carbocycles. The highest BCUT2D eigenvalue weighted by atomic mass is 32.1. The van der Waals surface area contributed by atoms with Crippen LogP contribution in [0.4, 0.5) is 8.78 Å². The minimum absolute atomic E-state index is 0.124. The van der Waals surface area contributed by atoms with Crippen molar-refractivity contribution < 1.29 is 23.8 Å². The molecule has 0 atom stereocenters. The number of rotatable bonds is 4. The molecule has 160 valence electrons. The SMILES string of the molecule is Cc1ccc(C(=O)c2c(O)c(O)n(-c3nc4ccc(F)cc4s3)c2-c2ccc(F)cc2)s1. The Balaban J connectivity index is 1.81. The highest BCUT2D eigenvalue weighted by Gasteiger charge is 2.31. The fourth-order valence-corrected chi connectivity index (χ4v) is 5.31. The number of carbonyl (C=O) groups excluding carboxylic acids is 1. The Morgan fingerprint density at radius 1 is 0.969 bits per heavy atom. The van der Waals surface area contributed by atoms with E-state index >= 15 is 0 Å². The van der Waals surface area contributed by atoms with Crippen molar-refractivity contribution in [3.05, 3.63) is 81.5 Å². The fourth-order valence-electron chi connectivity index (χ4n) is 3.49. The van der Waals surface area contributed by atoms with E-state index in [0.29, 0.717) is 20.7 Å². The summed E-state index contributed by atoms with van der Waals surface area (Å²) in [5.74, 6) is -2.58. The summed E-state index contributed by atoms with van der Waals surface area (Å²) >= 11 is 2.34. The van der Waals surface area contributed by atoms with Gasteiger partial charge < -0.3 is 10.2 Å². The topological polar surface area (TPSA) is 75.3 Å². The van der Waals surface area contributed by atoms with Gasteiger partial charge in [0.05, 0.1) is 26.4 Å². The van der Waals surface area contributed by atoms with Crippen LogP contribution in [0.3, 0.4) is 0 Å². The third-order valence-corrected chi connectivity index (χ3v) is 6.96. The number of hydrogen-bond donors (Lipinski definition) is 2. The number of ketones is 1. The van der Waals surface area contributed by atoms with Gasteiger partial charge in [-0.25, -0.2) is 13.8 Å². The van der Waals surface area contributed by atoms with Crippen molar-refractivity contribution in [2.45, 2.75) is 6.92 Å². The maximum Gasteiger partial charge on any atom is 0.242 e. The number of fused-ring (bicyclic) bond motifs is 1. The molecule has 0 unspecified atom stereocenters. The molecule has 9 heteroatoms. The molecule has 3 aromatic heterocycles. The Hall–Kier alpha value is -3.56. The van der Waals surface area contributed by atoms with Crippen LogP contribution in [0.2, 0.25) is 0 Å². The number of aromatic nitrogens is 2. The van der Waals surface area contributed by atoms with Crippen LogP contribution in [-0.4, -0.2) is 25.5 Å². The molecule has 0 aliphatic heterocycles. The zero-order valence-corrected chi connectivity index (χ0v) is 18.1. The number of halogens is 2.